The molecule has 1 atom stereocenters. The van der Waals surface area contributed by atoms with Gasteiger partial charge in [0.05, 0.1) is 12.1 Å². The van der Waals surface area contributed by atoms with Gasteiger partial charge in [0.15, 0.2) is 0 Å². The Labute approximate surface area is 109 Å². The van der Waals surface area contributed by atoms with Crippen molar-refractivity contribution in [3.8, 4) is 0 Å². The second kappa shape index (κ2) is 6.50. The van der Waals surface area contributed by atoms with Crippen molar-refractivity contribution >= 4 is 5.97 Å². The van der Waals surface area contributed by atoms with Gasteiger partial charge in [0.2, 0.25) is 0 Å². The van der Waals surface area contributed by atoms with E-state index in [1.807, 2.05) is 45.9 Å². The minimum absolute atomic E-state index is 0.133. The van der Waals surface area contributed by atoms with E-state index >= 15 is 0 Å². The Morgan fingerprint density at radius 3 is 2.72 bits per heavy atom. The third kappa shape index (κ3) is 5.77. The van der Waals surface area contributed by atoms with Gasteiger partial charge in [-0.15, -0.1) is 0 Å². The monoisotopic (exact) mass is 250 g/mol. The molecule has 0 spiro atoms. The number of hydrogen-bond acceptors (Lipinski definition) is 4. The van der Waals surface area contributed by atoms with E-state index in [9.17, 15) is 4.79 Å². The van der Waals surface area contributed by atoms with E-state index in [0.717, 1.165) is 5.69 Å². The van der Waals surface area contributed by atoms with E-state index in [-0.39, 0.29) is 12.0 Å². The third-order valence-electron chi connectivity index (χ3n) is 2.33. The van der Waals surface area contributed by atoms with Crippen LogP contribution < -0.4 is 5.32 Å². The van der Waals surface area contributed by atoms with E-state index in [0.29, 0.717) is 13.0 Å². The number of ether oxygens (including phenoxy) is 1. The molecule has 0 bridgehead atoms. The van der Waals surface area contributed by atoms with Crippen LogP contribution in [-0.4, -0.2) is 23.1 Å². The van der Waals surface area contributed by atoms with E-state index in [1.54, 1.807) is 6.20 Å². The second-order valence-electron chi connectivity index (χ2n) is 5.27. The maximum Gasteiger partial charge on any atom is 0.307 e. The van der Waals surface area contributed by atoms with E-state index in [2.05, 4.69) is 10.3 Å². The first-order valence-electron chi connectivity index (χ1n) is 6.24. The number of hydrogen-bond donors (Lipinski definition) is 1. The maximum absolute atomic E-state index is 11.5. The lowest BCUT2D eigenvalue weighted by atomic mass is 10.2. The average molecular weight is 250 g/mol. The third-order valence-corrected chi connectivity index (χ3v) is 2.33. The Morgan fingerprint density at radius 1 is 1.44 bits per heavy atom. The Hall–Kier alpha value is -1.42. The molecule has 0 aliphatic heterocycles. The second-order valence-corrected chi connectivity index (χ2v) is 5.27. The van der Waals surface area contributed by atoms with Crippen molar-refractivity contribution in [2.24, 2.45) is 0 Å². The van der Waals surface area contributed by atoms with Crippen LogP contribution in [-0.2, 0) is 9.53 Å². The molecule has 0 unspecified atom stereocenters. The molecule has 1 rings (SSSR count). The Balaban J connectivity index is 2.28. The van der Waals surface area contributed by atoms with Crippen molar-refractivity contribution in [2.75, 3.05) is 6.54 Å². The smallest absolute Gasteiger partial charge is 0.307 e. The van der Waals surface area contributed by atoms with Crippen molar-refractivity contribution in [3.05, 3.63) is 30.1 Å². The minimum Gasteiger partial charge on any atom is -0.460 e. The van der Waals surface area contributed by atoms with Crippen LogP contribution in [0.1, 0.15) is 45.9 Å². The SMILES string of the molecule is C[C@@H](NCCC(=O)OC(C)(C)C)c1ccccn1. The fraction of sp³-hybridized carbons (Fsp3) is 0.571. The fourth-order valence-electron chi connectivity index (χ4n) is 1.52. The molecule has 1 aromatic rings. The molecule has 100 valence electrons. The van der Waals surface area contributed by atoms with Crippen molar-refractivity contribution in [1.82, 2.24) is 10.3 Å². The summed E-state index contributed by atoms with van der Waals surface area (Å²) < 4.78 is 5.23. The summed E-state index contributed by atoms with van der Waals surface area (Å²) in [6.07, 6.45) is 2.13. The molecule has 4 nitrogen and oxygen atoms in total. The maximum atomic E-state index is 11.5. The summed E-state index contributed by atoms with van der Waals surface area (Å²) in [6.45, 7) is 8.22. The predicted molar refractivity (Wildman–Crippen MR) is 71.1 cm³/mol. The first-order chi connectivity index (χ1) is 8.38. The summed E-state index contributed by atoms with van der Waals surface area (Å²) in [6, 6.07) is 5.94. The average Bonchev–Trinajstić information content (AvgIpc) is 2.27. The summed E-state index contributed by atoms with van der Waals surface area (Å²) in [5, 5.41) is 3.25. The highest BCUT2D eigenvalue weighted by Crippen LogP contribution is 2.09. The van der Waals surface area contributed by atoms with Crippen molar-refractivity contribution < 1.29 is 9.53 Å². The summed E-state index contributed by atoms with van der Waals surface area (Å²) in [4.78, 5) is 15.8. The Morgan fingerprint density at radius 2 is 2.17 bits per heavy atom. The number of esters is 1. The zero-order valence-electron chi connectivity index (χ0n) is 11.6. The fourth-order valence-corrected chi connectivity index (χ4v) is 1.52. The first kappa shape index (κ1) is 14.6. The highest BCUT2D eigenvalue weighted by Gasteiger charge is 2.16. The number of pyridine rings is 1. The molecule has 4 heteroatoms. The highest BCUT2D eigenvalue weighted by atomic mass is 16.6. The molecule has 1 aromatic heterocycles. The van der Waals surface area contributed by atoms with Crippen LogP contribution in [0.25, 0.3) is 0 Å². The van der Waals surface area contributed by atoms with E-state index in [4.69, 9.17) is 4.74 Å². The van der Waals surface area contributed by atoms with Crippen LogP contribution in [0.5, 0.6) is 0 Å². The number of rotatable bonds is 5. The topological polar surface area (TPSA) is 51.2 Å². The molecule has 0 aliphatic carbocycles. The molecule has 1 N–H and O–H groups in total. The molecule has 0 saturated heterocycles. The molecule has 0 aromatic carbocycles. The lowest BCUT2D eigenvalue weighted by Gasteiger charge is -2.20. The summed E-state index contributed by atoms with van der Waals surface area (Å²) in [5.74, 6) is -0.178. The predicted octanol–water partition coefficient (Wildman–Crippen LogP) is 2.46. The lowest BCUT2D eigenvalue weighted by molar-refractivity contribution is -0.154. The van der Waals surface area contributed by atoms with Gasteiger partial charge in [0, 0.05) is 18.8 Å². The standard InChI is InChI=1S/C14H22N2O2/c1-11(12-7-5-6-9-16-12)15-10-8-13(17)18-14(2,3)4/h5-7,9,11,15H,8,10H2,1-4H3/t11-/m1/s1. The van der Waals surface area contributed by atoms with Gasteiger partial charge in [-0.25, -0.2) is 0 Å². The summed E-state index contributed by atoms with van der Waals surface area (Å²) >= 11 is 0. The van der Waals surface area contributed by atoms with Crippen LogP contribution in [0.3, 0.4) is 0 Å². The van der Waals surface area contributed by atoms with Gasteiger partial charge in [-0.1, -0.05) is 6.07 Å². The molecule has 18 heavy (non-hydrogen) atoms. The largest absolute Gasteiger partial charge is 0.460 e. The molecule has 0 radical (unpaired) electrons. The van der Waals surface area contributed by atoms with Crippen molar-refractivity contribution in [1.29, 1.82) is 0 Å². The van der Waals surface area contributed by atoms with Crippen LogP contribution in [0.4, 0.5) is 0 Å². The van der Waals surface area contributed by atoms with Gasteiger partial charge in [0.25, 0.3) is 0 Å². The highest BCUT2D eigenvalue weighted by molar-refractivity contribution is 5.70. The normalized spacial score (nSPS) is 13.1. The Kier molecular flexibility index (Phi) is 5.28. The van der Waals surface area contributed by atoms with Gasteiger partial charge < -0.3 is 10.1 Å². The van der Waals surface area contributed by atoms with Crippen LogP contribution in [0.2, 0.25) is 0 Å². The molecule has 0 fully saturated rings. The Bertz CT molecular complexity index is 371. The molecule has 1 heterocycles. The van der Waals surface area contributed by atoms with Crippen LogP contribution >= 0.6 is 0 Å². The van der Waals surface area contributed by atoms with E-state index in [1.165, 1.54) is 0 Å². The zero-order valence-corrected chi connectivity index (χ0v) is 11.6. The lowest BCUT2D eigenvalue weighted by Crippen LogP contribution is -2.28. The van der Waals surface area contributed by atoms with Gasteiger partial charge in [-0.3, -0.25) is 9.78 Å². The quantitative estimate of drug-likeness (QED) is 0.816. The van der Waals surface area contributed by atoms with Crippen LogP contribution in [0, 0.1) is 0 Å². The number of carbonyl (C=O) groups is 1. The molecular weight excluding hydrogens is 228 g/mol. The van der Waals surface area contributed by atoms with Crippen LogP contribution in [0.15, 0.2) is 24.4 Å². The molecule has 0 saturated carbocycles. The van der Waals surface area contributed by atoms with Gasteiger partial charge >= 0.3 is 5.97 Å². The number of nitrogens with zero attached hydrogens (tertiary/aromatic N) is 1. The molecular formula is C14H22N2O2. The van der Waals surface area contributed by atoms with Crippen molar-refractivity contribution in [2.45, 2.75) is 45.8 Å². The minimum atomic E-state index is -0.413. The molecule has 0 amide bonds. The van der Waals surface area contributed by atoms with E-state index < -0.39 is 5.60 Å². The summed E-state index contributed by atoms with van der Waals surface area (Å²) in [7, 11) is 0. The van der Waals surface area contributed by atoms with Gasteiger partial charge in [-0.2, -0.15) is 0 Å². The zero-order chi connectivity index (χ0) is 13.6. The number of carbonyl (C=O) groups excluding carboxylic acids is 1. The summed E-state index contributed by atoms with van der Waals surface area (Å²) in [5.41, 5.74) is 0.561. The van der Waals surface area contributed by atoms with Gasteiger partial charge in [-0.05, 0) is 39.8 Å². The number of aromatic nitrogens is 1. The first-order valence-corrected chi connectivity index (χ1v) is 6.24. The molecule has 0 aliphatic rings. The van der Waals surface area contributed by atoms with Crippen molar-refractivity contribution in [3.63, 3.8) is 0 Å². The van der Waals surface area contributed by atoms with Gasteiger partial charge in [0.1, 0.15) is 5.60 Å². The number of nitrogens with one attached hydrogen (secondary N) is 1.